The van der Waals surface area contributed by atoms with E-state index >= 15 is 0 Å². The molecule has 0 spiro atoms. The van der Waals surface area contributed by atoms with E-state index in [1.165, 1.54) is 4.90 Å². The largest absolute Gasteiger partial charge is 0.479 e. The van der Waals surface area contributed by atoms with Crippen molar-refractivity contribution in [2.45, 2.75) is 44.4 Å². The van der Waals surface area contributed by atoms with Crippen LogP contribution in [0.2, 0.25) is 0 Å². The van der Waals surface area contributed by atoms with Crippen molar-refractivity contribution in [3.63, 3.8) is 0 Å². The Labute approximate surface area is 146 Å². The molecule has 136 valence electrons. The van der Waals surface area contributed by atoms with Crippen molar-refractivity contribution in [1.29, 1.82) is 0 Å². The summed E-state index contributed by atoms with van der Waals surface area (Å²) < 4.78 is 0. The molecule has 0 saturated carbocycles. The Balaban J connectivity index is 1.84. The van der Waals surface area contributed by atoms with Gasteiger partial charge < -0.3 is 20.0 Å². The molecule has 0 radical (unpaired) electrons. The van der Waals surface area contributed by atoms with Crippen molar-refractivity contribution in [3.05, 3.63) is 35.9 Å². The summed E-state index contributed by atoms with van der Waals surface area (Å²) in [6, 6.07) is 8.86. The molecule has 7 nitrogen and oxygen atoms in total. The highest BCUT2D eigenvalue weighted by molar-refractivity contribution is 5.84. The minimum Gasteiger partial charge on any atom is -0.479 e. The second-order valence-electron chi connectivity index (χ2n) is 6.32. The lowest BCUT2D eigenvalue weighted by molar-refractivity contribution is -0.152. The minimum absolute atomic E-state index is 0.0147. The number of nitrogens with zero attached hydrogens (tertiary/aromatic N) is 2. The van der Waals surface area contributed by atoms with Crippen LogP contribution in [0.15, 0.2) is 30.3 Å². The first-order valence-electron chi connectivity index (χ1n) is 8.38. The van der Waals surface area contributed by atoms with E-state index in [4.69, 9.17) is 5.11 Å². The van der Waals surface area contributed by atoms with Crippen LogP contribution < -0.4 is 0 Å². The van der Waals surface area contributed by atoms with Crippen LogP contribution in [-0.2, 0) is 20.9 Å². The van der Waals surface area contributed by atoms with Crippen LogP contribution in [0.1, 0.15) is 31.2 Å². The predicted molar refractivity (Wildman–Crippen MR) is 90.5 cm³/mol. The lowest BCUT2D eigenvalue weighted by atomic mass is 10.1. The average molecular weight is 348 g/mol. The molecule has 1 saturated heterocycles. The second-order valence-corrected chi connectivity index (χ2v) is 6.32. The van der Waals surface area contributed by atoms with Gasteiger partial charge in [0.2, 0.25) is 11.8 Å². The highest BCUT2D eigenvalue weighted by Gasteiger charge is 2.37. The molecule has 0 aromatic heterocycles. The fourth-order valence-electron chi connectivity index (χ4n) is 3.09. The van der Waals surface area contributed by atoms with Gasteiger partial charge >= 0.3 is 5.97 Å². The number of hydrogen-bond acceptors (Lipinski definition) is 4. The molecule has 1 fully saturated rings. The van der Waals surface area contributed by atoms with Crippen LogP contribution in [-0.4, -0.2) is 63.5 Å². The van der Waals surface area contributed by atoms with E-state index in [0.29, 0.717) is 25.9 Å². The third-order valence-corrected chi connectivity index (χ3v) is 4.48. The number of likely N-dealkylation sites (tertiary alicyclic amines) is 1. The van der Waals surface area contributed by atoms with Crippen molar-refractivity contribution in [2.24, 2.45) is 0 Å². The quantitative estimate of drug-likeness (QED) is 0.762. The predicted octanol–water partition coefficient (Wildman–Crippen LogP) is 0.862. The zero-order chi connectivity index (χ0) is 18.4. The number of carbonyl (C=O) groups is 3. The summed E-state index contributed by atoms with van der Waals surface area (Å²) in [5.41, 5.74) is 1.01. The molecule has 0 bridgehead atoms. The lowest BCUT2D eigenvalue weighted by Crippen LogP contribution is -2.46. The Bertz CT molecular complexity index is 619. The molecular weight excluding hydrogens is 324 g/mol. The zero-order valence-electron chi connectivity index (χ0n) is 14.3. The summed E-state index contributed by atoms with van der Waals surface area (Å²) in [6.45, 7) is 0.889. The molecule has 2 atom stereocenters. The molecule has 2 rings (SSSR count). The van der Waals surface area contributed by atoms with Crippen molar-refractivity contribution in [2.75, 3.05) is 13.6 Å². The standard InChI is InChI=1S/C18H24N2O5/c1-19(12-13-6-3-2-4-7-13)15(21)9-10-16(22)20-11-5-8-14(20)17(23)18(24)25/h2-4,6-7,14,17,23H,5,8-12H2,1H3,(H,24,25)/t14-,17?/m0/s1. The van der Waals surface area contributed by atoms with Gasteiger partial charge in [0.1, 0.15) is 0 Å². The number of aliphatic carboxylic acids is 1. The van der Waals surface area contributed by atoms with Crippen molar-refractivity contribution in [3.8, 4) is 0 Å². The molecule has 1 heterocycles. The summed E-state index contributed by atoms with van der Waals surface area (Å²) in [5, 5.41) is 18.6. The third kappa shape index (κ3) is 5.03. The summed E-state index contributed by atoms with van der Waals surface area (Å²) in [4.78, 5) is 38.4. The van der Waals surface area contributed by atoms with Gasteiger partial charge in [-0.05, 0) is 18.4 Å². The number of amides is 2. The highest BCUT2D eigenvalue weighted by atomic mass is 16.4. The van der Waals surface area contributed by atoms with Crippen LogP contribution in [0, 0.1) is 0 Å². The van der Waals surface area contributed by atoms with Crippen LogP contribution in [0.4, 0.5) is 0 Å². The first-order valence-corrected chi connectivity index (χ1v) is 8.38. The van der Waals surface area contributed by atoms with Gasteiger partial charge in [-0.3, -0.25) is 9.59 Å². The fraction of sp³-hybridized carbons (Fsp3) is 0.500. The van der Waals surface area contributed by atoms with Gasteiger partial charge in [0.15, 0.2) is 6.10 Å². The maximum absolute atomic E-state index is 12.3. The molecule has 7 heteroatoms. The number of hydrogen-bond donors (Lipinski definition) is 2. The van der Waals surface area contributed by atoms with Gasteiger partial charge in [-0.2, -0.15) is 0 Å². The number of aliphatic hydroxyl groups is 1. The minimum atomic E-state index is -1.58. The first kappa shape index (κ1) is 18.9. The second kappa shape index (κ2) is 8.62. The topological polar surface area (TPSA) is 98.2 Å². The van der Waals surface area contributed by atoms with Crippen molar-refractivity contribution in [1.82, 2.24) is 9.80 Å². The van der Waals surface area contributed by atoms with Gasteiger partial charge in [-0.25, -0.2) is 4.79 Å². The van der Waals surface area contributed by atoms with E-state index < -0.39 is 18.1 Å². The third-order valence-electron chi connectivity index (χ3n) is 4.48. The Morgan fingerprint density at radius 1 is 1.24 bits per heavy atom. The normalized spacial score (nSPS) is 18.0. The Kier molecular flexibility index (Phi) is 6.52. The van der Waals surface area contributed by atoms with Gasteiger partial charge in [0.05, 0.1) is 6.04 Å². The summed E-state index contributed by atoms with van der Waals surface area (Å²) in [5.74, 6) is -1.76. The molecule has 1 aromatic rings. The molecular formula is C18H24N2O5. The van der Waals surface area contributed by atoms with Crippen LogP contribution in [0.25, 0.3) is 0 Å². The van der Waals surface area contributed by atoms with Crippen molar-refractivity contribution < 1.29 is 24.6 Å². The molecule has 2 N–H and O–H groups in total. The van der Waals surface area contributed by atoms with Crippen LogP contribution in [0.5, 0.6) is 0 Å². The summed E-state index contributed by atoms with van der Waals surface area (Å²) >= 11 is 0. The maximum atomic E-state index is 12.3. The van der Waals surface area contributed by atoms with Gasteiger partial charge in [-0.15, -0.1) is 0 Å². The average Bonchev–Trinajstić information content (AvgIpc) is 3.09. The van der Waals surface area contributed by atoms with Gasteiger partial charge in [0, 0.05) is 33.0 Å². The van der Waals surface area contributed by atoms with E-state index in [9.17, 15) is 19.5 Å². The monoisotopic (exact) mass is 348 g/mol. The Hall–Kier alpha value is -2.41. The lowest BCUT2D eigenvalue weighted by Gasteiger charge is -2.27. The zero-order valence-corrected chi connectivity index (χ0v) is 14.3. The van der Waals surface area contributed by atoms with Gasteiger partial charge in [-0.1, -0.05) is 30.3 Å². The van der Waals surface area contributed by atoms with E-state index in [0.717, 1.165) is 5.56 Å². The summed E-state index contributed by atoms with van der Waals surface area (Å²) in [6.07, 6.45) is -0.387. The Morgan fingerprint density at radius 2 is 1.92 bits per heavy atom. The molecule has 1 aromatic carbocycles. The van der Waals surface area contributed by atoms with Gasteiger partial charge in [0.25, 0.3) is 0 Å². The number of carboxylic acid groups (broad SMARTS) is 1. The van der Waals surface area contributed by atoms with E-state index in [-0.39, 0.29) is 24.7 Å². The van der Waals surface area contributed by atoms with Crippen molar-refractivity contribution >= 4 is 17.8 Å². The number of rotatable bonds is 7. The fourth-order valence-corrected chi connectivity index (χ4v) is 3.09. The van der Waals surface area contributed by atoms with Crippen LogP contribution in [0.3, 0.4) is 0 Å². The SMILES string of the molecule is CN(Cc1ccccc1)C(=O)CCC(=O)N1CCC[C@H]1C(O)C(=O)O. The maximum Gasteiger partial charge on any atom is 0.334 e. The molecule has 1 aliphatic heterocycles. The smallest absolute Gasteiger partial charge is 0.334 e. The number of aliphatic hydroxyl groups excluding tert-OH is 1. The number of carbonyl (C=O) groups excluding carboxylic acids is 2. The number of benzene rings is 1. The van der Waals surface area contributed by atoms with E-state index in [2.05, 4.69) is 0 Å². The Morgan fingerprint density at radius 3 is 2.56 bits per heavy atom. The van der Waals surface area contributed by atoms with E-state index in [1.54, 1.807) is 11.9 Å². The molecule has 0 aliphatic carbocycles. The van der Waals surface area contributed by atoms with E-state index in [1.807, 2.05) is 30.3 Å². The molecule has 25 heavy (non-hydrogen) atoms. The molecule has 1 unspecified atom stereocenters. The number of carboxylic acids is 1. The highest BCUT2D eigenvalue weighted by Crippen LogP contribution is 2.22. The molecule has 2 amide bonds. The summed E-state index contributed by atoms with van der Waals surface area (Å²) in [7, 11) is 1.69. The first-order chi connectivity index (χ1) is 11.9. The van der Waals surface area contributed by atoms with Crippen LogP contribution >= 0.6 is 0 Å². The molecule has 1 aliphatic rings.